The third-order valence-corrected chi connectivity index (χ3v) is 3.78. The van der Waals surface area contributed by atoms with Gasteiger partial charge in [-0.2, -0.15) is 0 Å². The van der Waals surface area contributed by atoms with E-state index in [4.69, 9.17) is 9.47 Å². The zero-order chi connectivity index (χ0) is 13.8. The van der Waals surface area contributed by atoms with E-state index in [0.29, 0.717) is 6.42 Å². The number of amides is 1. The highest BCUT2D eigenvalue weighted by Crippen LogP contribution is 2.32. The Morgan fingerprint density at radius 3 is 2.42 bits per heavy atom. The molecule has 1 heterocycles. The number of methoxy groups -OCH3 is 2. The molecule has 1 aromatic rings. The standard InChI is InChI=1S/C15H21NO3/c1-11(12-7-5-4-6-8-12)16-13(9-10-14(16)17)15(18-2)19-3/h4-8,11,13,15H,9-10H2,1-3H3/t11-,13+/m1/s1. The van der Waals surface area contributed by atoms with Gasteiger partial charge < -0.3 is 14.4 Å². The maximum absolute atomic E-state index is 12.2. The van der Waals surface area contributed by atoms with Gasteiger partial charge in [0, 0.05) is 20.6 Å². The summed E-state index contributed by atoms with van der Waals surface area (Å²) in [5, 5.41) is 0. The Morgan fingerprint density at radius 1 is 1.21 bits per heavy atom. The molecular formula is C15H21NO3. The maximum Gasteiger partial charge on any atom is 0.223 e. The summed E-state index contributed by atoms with van der Waals surface area (Å²) in [4.78, 5) is 14.0. The first-order valence-corrected chi connectivity index (χ1v) is 6.60. The molecule has 1 aliphatic rings. The van der Waals surface area contributed by atoms with Gasteiger partial charge in [0.15, 0.2) is 6.29 Å². The number of ether oxygens (including phenoxy) is 2. The van der Waals surface area contributed by atoms with Crippen LogP contribution in [0.3, 0.4) is 0 Å². The monoisotopic (exact) mass is 263 g/mol. The van der Waals surface area contributed by atoms with Crippen molar-refractivity contribution in [3.63, 3.8) is 0 Å². The van der Waals surface area contributed by atoms with Gasteiger partial charge in [0.1, 0.15) is 0 Å². The van der Waals surface area contributed by atoms with Crippen LogP contribution in [-0.2, 0) is 14.3 Å². The Bertz CT molecular complexity index is 417. The molecule has 0 N–H and O–H groups in total. The number of carbonyl (C=O) groups is 1. The lowest BCUT2D eigenvalue weighted by atomic mass is 10.1. The molecule has 0 radical (unpaired) electrons. The first-order valence-electron chi connectivity index (χ1n) is 6.60. The van der Waals surface area contributed by atoms with E-state index in [1.807, 2.05) is 42.2 Å². The molecule has 0 saturated carbocycles. The number of rotatable bonds is 5. The van der Waals surface area contributed by atoms with Crippen molar-refractivity contribution >= 4 is 5.91 Å². The highest BCUT2D eigenvalue weighted by molar-refractivity contribution is 5.79. The lowest BCUT2D eigenvalue weighted by Crippen LogP contribution is -2.44. The number of hydrogen-bond acceptors (Lipinski definition) is 3. The molecule has 1 aromatic carbocycles. The topological polar surface area (TPSA) is 38.8 Å². The number of nitrogens with zero attached hydrogens (tertiary/aromatic N) is 1. The number of hydrogen-bond donors (Lipinski definition) is 0. The Labute approximate surface area is 114 Å². The summed E-state index contributed by atoms with van der Waals surface area (Å²) >= 11 is 0. The van der Waals surface area contributed by atoms with Gasteiger partial charge in [-0.15, -0.1) is 0 Å². The van der Waals surface area contributed by atoms with Crippen molar-refractivity contribution < 1.29 is 14.3 Å². The predicted octanol–water partition coefficient (Wildman–Crippen LogP) is 2.36. The molecule has 1 aliphatic heterocycles. The summed E-state index contributed by atoms with van der Waals surface area (Å²) in [6, 6.07) is 10.1. The predicted molar refractivity (Wildman–Crippen MR) is 72.5 cm³/mol. The largest absolute Gasteiger partial charge is 0.354 e. The SMILES string of the molecule is COC(OC)[C@@H]1CCC(=O)N1[C@H](C)c1ccccc1. The third-order valence-electron chi connectivity index (χ3n) is 3.78. The second-order valence-corrected chi connectivity index (χ2v) is 4.83. The molecule has 19 heavy (non-hydrogen) atoms. The molecule has 0 aromatic heterocycles. The molecule has 0 aliphatic carbocycles. The normalized spacial score (nSPS) is 21.2. The highest BCUT2D eigenvalue weighted by atomic mass is 16.7. The van der Waals surface area contributed by atoms with Crippen molar-refractivity contribution in [2.45, 2.75) is 38.1 Å². The van der Waals surface area contributed by atoms with Crippen LogP contribution in [0.15, 0.2) is 30.3 Å². The molecule has 1 amide bonds. The van der Waals surface area contributed by atoms with Crippen LogP contribution in [0.25, 0.3) is 0 Å². The van der Waals surface area contributed by atoms with Crippen LogP contribution in [-0.4, -0.2) is 37.4 Å². The van der Waals surface area contributed by atoms with E-state index < -0.39 is 0 Å². The molecule has 0 bridgehead atoms. The van der Waals surface area contributed by atoms with Gasteiger partial charge in [0.2, 0.25) is 5.91 Å². The molecule has 0 unspecified atom stereocenters. The first kappa shape index (κ1) is 14.0. The molecule has 1 fully saturated rings. The minimum absolute atomic E-state index is 0.0160. The van der Waals surface area contributed by atoms with Crippen molar-refractivity contribution in [2.75, 3.05) is 14.2 Å². The van der Waals surface area contributed by atoms with E-state index >= 15 is 0 Å². The zero-order valence-corrected chi connectivity index (χ0v) is 11.7. The average Bonchev–Trinajstić information content (AvgIpc) is 2.82. The Hall–Kier alpha value is -1.39. The van der Waals surface area contributed by atoms with Gasteiger partial charge in [0.25, 0.3) is 0 Å². The molecule has 2 atom stereocenters. The summed E-state index contributed by atoms with van der Waals surface area (Å²) in [7, 11) is 3.23. The van der Waals surface area contributed by atoms with Crippen LogP contribution >= 0.6 is 0 Å². The Kier molecular flexibility index (Phi) is 4.56. The van der Waals surface area contributed by atoms with Gasteiger partial charge in [-0.3, -0.25) is 4.79 Å². The molecule has 2 rings (SSSR count). The summed E-state index contributed by atoms with van der Waals surface area (Å²) in [6.07, 6.45) is 0.977. The average molecular weight is 263 g/mol. The second kappa shape index (κ2) is 6.17. The maximum atomic E-state index is 12.2. The summed E-state index contributed by atoms with van der Waals surface area (Å²) < 4.78 is 10.7. The van der Waals surface area contributed by atoms with Crippen LogP contribution in [0.1, 0.15) is 31.4 Å². The minimum Gasteiger partial charge on any atom is -0.354 e. The van der Waals surface area contributed by atoms with Gasteiger partial charge in [-0.25, -0.2) is 0 Å². The third kappa shape index (κ3) is 2.80. The van der Waals surface area contributed by atoms with Crippen LogP contribution in [0, 0.1) is 0 Å². The van der Waals surface area contributed by atoms with E-state index in [-0.39, 0.29) is 24.3 Å². The van der Waals surface area contributed by atoms with E-state index in [1.165, 1.54) is 0 Å². The van der Waals surface area contributed by atoms with Crippen molar-refractivity contribution in [2.24, 2.45) is 0 Å². The first-order chi connectivity index (χ1) is 9.19. The fourth-order valence-corrected chi connectivity index (χ4v) is 2.80. The Morgan fingerprint density at radius 2 is 1.84 bits per heavy atom. The smallest absolute Gasteiger partial charge is 0.223 e. The fourth-order valence-electron chi connectivity index (χ4n) is 2.80. The van der Waals surface area contributed by atoms with Crippen LogP contribution in [0.5, 0.6) is 0 Å². The van der Waals surface area contributed by atoms with Crippen LogP contribution < -0.4 is 0 Å². The number of benzene rings is 1. The summed E-state index contributed by atoms with van der Waals surface area (Å²) in [5.74, 6) is 0.167. The van der Waals surface area contributed by atoms with E-state index in [0.717, 1.165) is 12.0 Å². The van der Waals surface area contributed by atoms with Crippen molar-refractivity contribution in [3.8, 4) is 0 Å². The van der Waals surface area contributed by atoms with Gasteiger partial charge in [-0.05, 0) is 18.9 Å². The quantitative estimate of drug-likeness (QED) is 0.765. The number of carbonyl (C=O) groups excluding carboxylic acids is 1. The summed E-state index contributed by atoms with van der Waals surface area (Å²) in [5.41, 5.74) is 1.13. The van der Waals surface area contributed by atoms with Crippen LogP contribution in [0.4, 0.5) is 0 Å². The molecule has 0 spiro atoms. The van der Waals surface area contributed by atoms with Gasteiger partial charge in [-0.1, -0.05) is 30.3 Å². The number of likely N-dealkylation sites (tertiary alicyclic amines) is 1. The van der Waals surface area contributed by atoms with Crippen molar-refractivity contribution in [3.05, 3.63) is 35.9 Å². The molecule has 104 valence electrons. The van der Waals surface area contributed by atoms with E-state index in [9.17, 15) is 4.79 Å². The lowest BCUT2D eigenvalue weighted by molar-refractivity contribution is -0.157. The van der Waals surface area contributed by atoms with E-state index in [2.05, 4.69) is 0 Å². The molecule has 1 saturated heterocycles. The molecular weight excluding hydrogens is 242 g/mol. The van der Waals surface area contributed by atoms with Crippen molar-refractivity contribution in [1.29, 1.82) is 0 Å². The lowest BCUT2D eigenvalue weighted by Gasteiger charge is -2.34. The van der Waals surface area contributed by atoms with Crippen LogP contribution in [0.2, 0.25) is 0 Å². The van der Waals surface area contributed by atoms with Gasteiger partial charge >= 0.3 is 0 Å². The highest BCUT2D eigenvalue weighted by Gasteiger charge is 2.39. The second-order valence-electron chi connectivity index (χ2n) is 4.83. The zero-order valence-electron chi connectivity index (χ0n) is 11.7. The van der Waals surface area contributed by atoms with E-state index in [1.54, 1.807) is 14.2 Å². The summed E-state index contributed by atoms with van der Waals surface area (Å²) in [6.45, 7) is 2.05. The molecule has 4 heteroatoms. The fraction of sp³-hybridized carbons (Fsp3) is 0.533. The molecule has 4 nitrogen and oxygen atoms in total. The Balaban J connectivity index is 2.22. The van der Waals surface area contributed by atoms with Gasteiger partial charge in [0.05, 0.1) is 12.1 Å². The van der Waals surface area contributed by atoms with Crippen molar-refractivity contribution in [1.82, 2.24) is 4.90 Å². The minimum atomic E-state index is -0.363.